The van der Waals surface area contributed by atoms with Crippen LogP contribution in [0, 0.1) is 0 Å². The van der Waals surface area contributed by atoms with Gasteiger partial charge in [0.2, 0.25) is 0 Å². The van der Waals surface area contributed by atoms with Crippen molar-refractivity contribution < 1.29 is 23.1 Å². The largest absolute Gasteiger partial charge is 0.481 e. The molecule has 3 aromatic heterocycles. The van der Waals surface area contributed by atoms with Crippen LogP contribution in [0.15, 0.2) is 58.6 Å². The average molecular weight is 565 g/mol. The van der Waals surface area contributed by atoms with Gasteiger partial charge in [0.1, 0.15) is 11.2 Å². The molecule has 11 heteroatoms. The normalized spacial score (nSPS) is 12.0. The minimum atomic E-state index is -4.51. The first-order valence-electron chi connectivity index (χ1n) is 10.6. The molecule has 0 bridgehead atoms. The van der Waals surface area contributed by atoms with E-state index in [1.165, 1.54) is 24.0 Å². The summed E-state index contributed by atoms with van der Waals surface area (Å²) in [5.74, 6) is -0.391. The number of hydrogen-bond acceptors (Lipinski definition) is 5. The van der Waals surface area contributed by atoms with Crippen LogP contribution in [0.1, 0.15) is 36.7 Å². The first kappa shape index (κ1) is 25.2. The van der Waals surface area contributed by atoms with Crippen LogP contribution in [0.3, 0.4) is 0 Å². The number of halogens is 4. The number of alkyl halides is 3. The van der Waals surface area contributed by atoms with Crippen LogP contribution in [0.5, 0.6) is 0 Å². The molecule has 6 nitrogen and oxygen atoms in total. The molecule has 4 aromatic rings. The first-order valence-corrected chi connectivity index (χ1v) is 12.3. The highest BCUT2D eigenvalue weighted by molar-refractivity contribution is 9.10. The van der Waals surface area contributed by atoms with E-state index in [1.54, 1.807) is 6.20 Å². The molecule has 35 heavy (non-hydrogen) atoms. The van der Waals surface area contributed by atoms with Gasteiger partial charge < -0.3 is 9.67 Å². The van der Waals surface area contributed by atoms with Gasteiger partial charge in [-0.2, -0.15) is 13.2 Å². The second-order valence-corrected chi connectivity index (χ2v) is 9.94. The Balaban J connectivity index is 1.66. The summed E-state index contributed by atoms with van der Waals surface area (Å²) in [6.07, 6.45) is 0.185. The van der Waals surface area contributed by atoms with Gasteiger partial charge >= 0.3 is 12.1 Å². The molecule has 3 heterocycles. The SMILES string of the molecule is CC(C)n1cc(-c2ccc(C(F)(F)F)nc2)c2nc(SCc3ccc(Br)c(CC(=O)O)c3)ncc21. The van der Waals surface area contributed by atoms with E-state index < -0.39 is 17.8 Å². The topological polar surface area (TPSA) is 80.9 Å². The number of fused-ring (bicyclic) bond motifs is 1. The summed E-state index contributed by atoms with van der Waals surface area (Å²) in [4.78, 5) is 23.9. The molecule has 0 saturated heterocycles. The van der Waals surface area contributed by atoms with Gasteiger partial charge in [-0.3, -0.25) is 9.78 Å². The number of benzene rings is 1. The van der Waals surface area contributed by atoms with Crippen LogP contribution in [0.4, 0.5) is 13.2 Å². The second kappa shape index (κ2) is 9.98. The summed E-state index contributed by atoms with van der Waals surface area (Å²) in [6.45, 7) is 4.00. The quantitative estimate of drug-likeness (QED) is 0.197. The summed E-state index contributed by atoms with van der Waals surface area (Å²) in [5, 5.41) is 9.60. The maximum Gasteiger partial charge on any atom is 0.433 e. The number of hydrogen-bond donors (Lipinski definition) is 1. The average Bonchev–Trinajstić information content (AvgIpc) is 3.18. The lowest BCUT2D eigenvalue weighted by Crippen LogP contribution is -2.07. The predicted molar refractivity (Wildman–Crippen MR) is 131 cm³/mol. The monoisotopic (exact) mass is 564 g/mol. The third-order valence-corrected chi connectivity index (χ3v) is 7.00. The van der Waals surface area contributed by atoms with Crippen molar-refractivity contribution >= 4 is 44.7 Å². The third kappa shape index (κ3) is 5.67. The Morgan fingerprint density at radius 1 is 1.17 bits per heavy atom. The molecule has 0 saturated carbocycles. The highest BCUT2D eigenvalue weighted by atomic mass is 79.9. The van der Waals surface area contributed by atoms with E-state index >= 15 is 0 Å². The Bertz CT molecular complexity index is 1390. The second-order valence-electron chi connectivity index (χ2n) is 8.15. The molecule has 0 radical (unpaired) electrons. The maximum absolute atomic E-state index is 13.0. The number of carboxylic acid groups (broad SMARTS) is 1. The van der Waals surface area contributed by atoms with Gasteiger partial charge in [-0.25, -0.2) is 9.97 Å². The number of aromatic nitrogens is 4. The van der Waals surface area contributed by atoms with Crippen molar-refractivity contribution in [1.82, 2.24) is 19.5 Å². The minimum absolute atomic E-state index is 0.0885. The van der Waals surface area contributed by atoms with Crippen LogP contribution in [0.2, 0.25) is 0 Å². The van der Waals surface area contributed by atoms with E-state index in [-0.39, 0.29) is 12.5 Å². The summed E-state index contributed by atoms with van der Waals surface area (Å²) in [6, 6.07) is 8.00. The minimum Gasteiger partial charge on any atom is -0.481 e. The summed E-state index contributed by atoms with van der Waals surface area (Å²) < 4.78 is 41.6. The van der Waals surface area contributed by atoms with Crippen LogP contribution in [0.25, 0.3) is 22.2 Å². The van der Waals surface area contributed by atoms with Gasteiger partial charge in [0.25, 0.3) is 0 Å². The lowest BCUT2D eigenvalue weighted by molar-refractivity contribution is -0.141. The molecule has 0 spiro atoms. The molecule has 4 rings (SSSR count). The van der Waals surface area contributed by atoms with Gasteiger partial charge in [-0.1, -0.05) is 45.9 Å². The Morgan fingerprint density at radius 3 is 2.57 bits per heavy atom. The fourth-order valence-electron chi connectivity index (χ4n) is 3.61. The fraction of sp³-hybridized carbons (Fsp3) is 0.250. The van der Waals surface area contributed by atoms with Gasteiger partial charge in [0.15, 0.2) is 5.16 Å². The molecule has 0 amide bonds. The van der Waals surface area contributed by atoms with E-state index in [1.807, 2.05) is 42.8 Å². The molecule has 0 aliphatic heterocycles. The van der Waals surface area contributed by atoms with E-state index in [4.69, 9.17) is 10.1 Å². The zero-order valence-electron chi connectivity index (χ0n) is 18.7. The number of pyridine rings is 1. The van der Waals surface area contributed by atoms with Crippen molar-refractivity contribution in [2.45, 2.75) is 43.4 Å². The molecular formula is C24H20BrF3N4O2S. The van der Waals surface area contributed by atoms with Crippen LogP contribution in [-0.2, 0) is 23.1 Å². The number of nitrogens with zero attached hydrogens (tertiary/aromatic N) is 4. The molecule has 0 unspecified atom stereocenters. The Morgan fingerprint density at radius 2 is 1.94 bits per heavy atom. The van der Waals surface area contributed by atoms with Crippen molar-refractivity contribution in [2.75, 3.05) is 0 Å². The summed E-state index contributed by atoms with van der Waals surface area (Å²) in [5.41, 5.74) is 3.25. The zero-order chi connectivity index (χ0) is 25.3. The molecule has 0 fully saturated rings. The van der Waals surface area contributed by atoms with E-state index in [2.05, 4.69) is 25.9 Å². The number of carboxylic acids is 1. The van der Waals surface area contributed by atoms with Crippen molar-refractivity contribution in [1.29, 1.82) is 0 Å². The van der Waals surface area contributed by atoms with Crippen LogP contribution in [-0.4, -0.2) is 30.6 Å². The first-order chi connectivity index (χ1) is 16.5. The number of rotatable bonds is 7. The zero-order valence-corrected chi connectivity index (χ0v) is 21.1. The Labute approximate surface area is 211 Å². The highest BCUT2D eigenvalue weighted by Gasteiger charge is 2.32. The predicted octanol–water partition coefficient (Wildman–Crippen LogP) is 6.77. The molecule has 182 valence electrons. The van der Waals surface area contributed by atoms with Crippen molar-refractivity contribution in [2.24, 2.45) is 0 Å². The fourth-order valence-corrected chi connectivity index (χ4v) is 4.75. The van der Waals surface area contributed by atoms with Crippen molar-refractivity contribution in [3.8, 4) is 11.1 Å². The molecule has 0 atom stereocenters. The number of aliphatic carboxylic acids is 1. The van der Waals surface area contributed by atoms with E-state index in [0.29, 0.717) is 33.1 Å². The highest BCUT2D eigenvalue weighted by Crippen LogP contribution is 2.34. The lowest BCUT2D eigenvalue weighted by atomic mass is 10.1. The van der Waals surface area contributed by atoms with Crippen LogP contribution < -0.4 is 0 Å². The molecule has 0 aliphatic rings. The van der Waals surface area contributed by atoms with Crippen molar-refractivity contribution in [3.63, 3.8) is 0 Å². The molecule has 0 aliphatic carbocycles. The lowest BCUT2D eigenvalue weighted by Gasteiger charge is -2.09. The Hall–Kier alpha value is -2.92. The summed E-state index contributed by atoms with van der Waals surface area (Å²) in [7, 11) is 0. The van der Waals surface area contributed by atoms with Crippen LogP contribution >= 0.6 is 27.7 Å². The van der Waals surface area contributed by atoms with E-state index in [9.17, 15) is 18.0 Å². The standard InChI is InChI=1S/C24H20BrF3N4O2S/c1-13(2)32-11-17(15-4-6-20(29-9-15)24(26,27)28)22-19(32)10-30-23(31-22)35-12-14-3-5-18(25)16(7-14)8-21(33)34/h3-7,9-11,13H,8,12H2,1-2H3,(H,33,34). The van der Waals surface area contributed by atoms with Gasteiger partial charge in [0.05, 0.1) is 18.1 Å². The third-order valence-electron chi connectivity index (χ3n) is 5.29. The summed E-state index contributed by atoms with van der Waals surface area (Å²) >= 11 is 4.77. The van der Waals surface area contributed by atoms with Crippen molar-refractivity contribution in [3.05, 3.63) is 70.2 Å². The Kier molecular flexibility index (Phi) is 7.18. The maximum atomic E-state index is 13.0. The number of thioether (sulfide) groups is 1. The molecular weight excluding hydrogens is 545 g/mol. The molecule has 1 aromatic carbocycles. The number of carbonyl (C=O) groups is 1. The van der Waals surface area contributed by atoms with Gasteiger partial charge in [-0.05, 0) is 37.1 Å². The van der Waals surface area contributed by atoms with Gasteiger partial charge in [0, 0.05) is 39.8 Å². The van der Waals surface area contributed by atoms with E-state index in [0.717, 1.165) is 21.6 Å². The molecule has 1 N–H and O–H groups in total. The van der Waals surface area contributed by atoms with Gasteiger partial charge in [-0.15, -0.1) is 0 Å². The smallest absolute Gasteiger partial charge is 0.433 e.